The van der Waals surface area contributed by atoms with Gasteiger partial charge in [-0.05, 0) is 18.6 Å². The second-order valence-corrected chi connectivity index (χ2v) is 5.33. The van der Waals surface area contributed by atoms with Crippen molar-refractivity contribution in [2.75, 3.05) is 12.9 Å². The number of aromatic hydroxyl groups is 1. The summed E-state index contributed by atoms with van der Waals surface area (Å²) in [5, 5.41) is 24.6. The molecule has 0 unspecified atom stereocenters. The molecule has 0 spiro atoms. The maximum atomic E-state index is 10.9. The summed E-state index contributed by atoms with van der Waals surface area (Å²) in [6.07, 6.45) is 0.815. The molecule has 0 radical (unpaired) electrons. The number of halogens is 1. The van der Waals surface area contributed by atoms with Gasteiger partial charge in [-0.25, -0.2) is 0 Å². The van der Waals surface area contributed by atoms with Crippen LogP contribution in [-0.4, -0.2) is 35.1 Å². The van der Waals surface area contributed by atoms with Gasteiger partial charge in [0.15, 0.2) is 0 Å². The summed E-state index contributed by atoms with van der Waals surface area (Å²) < 4.78 is 9.52. The van der Waals surface area contributed by atoms with Gasteiger partial charge in [0.2, 0.25) is 11.1 Å². The molecular formula is C13H15ClN2O4S. The Hall–Kier alpha value is -1.73. The molecule has 1 aromatic rings. The van der Waals surface area contributed by atoms with Crippen molar-refractivity contribution in [3.8, 4) is 5.75 Å². The minimum atomic E-state index is -0.318. The topological polar surface area (TPSA) is 103 Å². The van der Waals surface area contributed by atoms with Crippen LogP contribution in [0.25, 0.3) is 0 Å². The molecule has 0 aromatic heterocycles. The van der Waals surface area contributed by atoms with Gasteiger partial charge in [0, 0.05) is 12.2 Å². The Morgan fingerprint density at radius 3 is 2.81 bits per heavy atom. The van der Waals surface area contributed by atoms with E-state index in [1.807, 2.05) is 0 Å². The third-order valence-electron chi connectivity index (χ3n) is 2.40. The van der Waals surface area contributed by atoms with Gasteiger partial charge in [-0.3, -0.25) is 15.6 Å². The summed E-state index contributed by atoms with van der Waals surface area (Å²) in [4.78, 5) is 10.9. The molecule has 0 heterocycles. The maximum Gasteiger partial charge on any atom is 0.305 e. The van der Waals surface area contributed by atoms with Crippen LogP contribution in [0.3, 0.4) is 0 Å². The van der Waals surface area contributed by atoms with Crippen LogP contribution in [0, 0.1) is 10.8 Å². The third-order valence-corrected chi connectivity index (χ3v) is 3.64. The number of thioether (sulfide) groups is 1. The van der Waals surface area contributed by atoms with Gasteiger partial charge >= 0.3 is 5.97 Å². The Morgan fingerprint density at radius 2 is 2.14 bits per heavy atom. The molecule has 1 aromatic carbocycles. The number of ether oxygens (including phenoxy) is 2. The molecular weight excluding hydrogens is 316 g/mol. The highest BCUT2D eigenvalue weighted by Gasteiger charge is 2.13. The quantitative estimate of drug-likeness (QED) is 0.333. The van der Waals surface area contributed by atoms with Gasteiger partial charge in [-0.15, -0.1) is 0 Å². The minimum Gasteiger partial charge on any atom is -0.506 e. The molecule has 0 saturated heterocycles. The van der Waals surface area contributed by atoms with Crippen LogP contribution in [0.4, 0.5) is 0 Å². The molecule has 21 heavy (non-hydrogen) atoms. The lowest BCUT2D eigenvalue weighted by molar-refractivity contribution is -0.140. The molecule has 0 amide bonds. The van der Waals surface area contributed by atoms with E-state index < -0.39 is 0 Å². The molecule has 8 heteroatoms. The Labute approximate surface area is 131 Å². The number of esters is 1. The van der Waals surface area contributed by atoms with Gasteiger partial charge in [0.1, 0.15) is 5.75 Å². The number of phenols is 1. The Bertz CT molecular complexity index is 551. The molecule has 0 atom stereocenters. The first kappa shape index (κ1) is 17.3. The molecule has 1 rings (SSSR count). The molecule has 114 valence electrons. The second kappa shape index (κ2) is 8.53. The average Bonchev–Trinajstić information content (AvgIpc) is 2.46. The molecule has 0 aliphatic carbocycles. The van der Waals surface area contributed by atoms with Crippen LogP contribution in [0.15, 0.2) is 18.2 Å². The van der Waals surface area contributed by atoms with E-state index in [9.17, 15) is 9.90 Å². The highest BCUT2D eigenvalue weighted by atomic mass is 35.5. The number of benzene rings is 1. The summed E-state index contributed by atoms with van der Waals surface area (Å²) >= 11 is 6.92. The Kier molecular flexibility index (Phi) is 7.04. The molecule has 0 bridgehead atoms. The highest BCUT2D eigenvalue weighted by molar-refractivity contribution is 8.13. The molecule has 0 fully saturated rings. The third kappa shape index (κ3) is 5.65. The summed E-state index contributed by atoms with van der Waals surface area (Å²) in [6.45, 7) is 0. The van der Waals surface area contributed by atoms with Crippen LogP contribution in [-0.2, 0) is 14.3 Å². The van der Waals surface area contributed by atoms with Crippen molar-refractivity contribution < 1.29 is 19.4 Å². The summed E-state index contributed by atoms with van der Waals surface area (Å²) in [6, 6.07) is 4.44. The Morgan fingerprint density at radius 1 is 1.43 bits per heavy atom. The van der Waals surface area contributed by atoms with Crippen molar-refractivity contribution in [3.05, 3.63) is 28.8 Å². The molecule has 6 nitrogen and oxygen atoms in total. The zero-order chi connectivity index (χ0) is 15.8. The van der Waals surface area contributed by atoms with E-state index in [2.05, 4.69) is 4.74 Å². The molecule has 0 saturated carbocycles. The summed E-state index contributed by atoms with van der Waals surface area (Å²) in [5.74, 6) is -0.280. The number of phenolic OH excluding ortho intramolecular Hbond substituents is 1. The molecule has 0 aliphatic heterocycles. The predicted octanol–water partition coefficient (Wildman–Crippen LogP) is 3.01. The summed E-state index contributed by atoms with van der Waals surface area (Å²) in [7, 11) is 1.32. The van der Waals surface area contributed by atoms with E-state index in [0.717, 1.165) is 11.8 Å². The van der Waals surface area contributed by atoms with Gasteiger partial charge < -0.3 is 14.6 Å². The number of carbonyl (C=O) groups is 1. The van der Waals surface area contributed by atoms with E-state index in [0.29, 0.717) is 12.2 Å². The first-order valence-electron chi connectivity index (χ1n) is 5.98. The summed E-state index contributed by atoms with van der Waals surface area (Å²) in [5.41, 5.74) is 0.205. The largest absolute Gasteiger partial charge is 0.506 e. The SMILES string of the molecule is COC(=O)CCCSC(=N)OC(=N)c1cccc(O)c1Cl. The average molecular weight is 331 g/mol. The standard InChI is InChI=1S/C13H15ClN2O4S/c1-19-10(18)6-3-7-21-13(16)20-12(15)8-4-2-5-9(17)11(8)14/h2,4-5,15-17H,3,6-7H2,1H3. The fraction of sp³-hybridized carbons (Fsp3) is 0.308. The van der Waals surface area contributed by atoms with Crippen LogP contribution < -0.4 is 0 Å². The lowest BCUT2D eigenvalue weighted by atomic mass is 10.2. The number of hydrogen-bond donors (Lipinski definition) is 3. The van der Waals surface area contributed by atoms with E-state index in [1.54, 1.807) is 0 Å². The van der Waals surface area contributed by atoms with Crippen LogP contribution >= 0.6 is 23.4 Å². The number of nitrogens with one attached hydrogen (secondary N) is 2. The van der Waals surface area contributed by atoms with Crippen LogP contribution in [0.1, 0.15) is 18.4 Å². The van der Waals surface area contributed by atoms with Crippen molar-refractivity contribution in [1.82, 2.24) is 0 Å². The zero-order valence-electron chi connectivity index (χ0n) is 11.3. The van der Waals surface area contributed by atoms with Gasteiger partial charge in [0.05, 0.1) is 17.7 Å². The lowest BCUT2D eigenvalue weighted by Gasteiger charge is -2.09. The fourth-order valence-corrected chi connectivity index (χ4v) is 2.18. The smallest absolute Gasteiger partial charge is 0.305 e. The normalized spacial score (nSPS) is 10.0. The maximum absolute atomic E-state index is 10.9. The Balaban J connectivity index is 2.42. The van der Waals surface area contributed by atoms with Crippen LogP contribution in [0.5, 0.6) is 5.75 Å². The molecule has 3 N–H and O–H groups in total. The number of hydrogen-bond acceptors (Lipinski definition) is 7. The van der Waals surface area contributed by atoms with Crippen molar-refractivity contribution in [3.63, 3.8) is 0 Å². The lowest BCUT2D eigenvalue weighted by Crippen LogP contribution is -2.10. The predicted molar refractivity (Wildman–Crippen MR) is 82.5 cm³/mol. The fourth-order valence-electron chi connectivity index (χ4n) is 1.36. The van der Waals surface area contributed by atoms with Gasteiger partial charge in [0.25, 0.3) is 0 Å². The first-order chi connectivity index (χ1) is 9.95. The van der Waals surface area contributed by atoms with E-state index >= 15 is 0 Å². The van der Waals surface area contributed by atoms with E-state index in [1.165, 1.54) is 25.3 Å². The zero-order valence-corrected chi connectivity index (χ0v) is 12.9. The monoisotopic (exact) mass is 330 g/mol. The van der Waals surface area contributed by atoms with Gasteiger partial charge in [-0.1, -0.05) is 29.4 Å². The highest BCUT2D eigenvalue weighted by Crippen LogP contribution is 2.27. The number of rotatable bonds is 5. The second-order valence-electron chi connectivity index (χ2n) is 3.89. The van der Waals surface area contributed by atoms with Crippen molar-refractivity contribution in [2.45, 2.75) is 12.8 Å². The molecule has 0 aliphatic rings. The number of carbonyl (C=O) groups excluding carboxylic acids is 1. The van der Waals surface area contributed by atoms with Crippen molar-refractivity contribution >= 4 is 40.5 Å². The van der Waals surface area contributed by atoms with E-state index in [4.69, 9.17) is 27.2 Å². The first-order valence-corrected chi connectivity index (χ1v) is 7.34. The minimum absolute atomic E-state index is 0.00555. The van der Waals surface area contributed by atoms with E-state index in [-0.39, 0.29) is 39.9 Å². The number of methoxy groups -OCH3 is 1. The van der Waals surface area contributed by atoms with Crippen molar-refractivity contribution in [1.29, 1.82) is 10.8 Å². The van der Waals surface area contributed by atoms with Gasteiger partial charge in [-0.2, -0.15) is 0 Å². The van der Waals surface area contributed by atoms with Crippen LogP contribution in [0.2, 0.25) is 5.02 Å². The van der Waals surface area contributed by atoms with Crippen molar-refractivity contribution in [2.24, 2.45) is 0 Å².